The summed E-state index contributed by atoms with van der Waals surface area (Å²) >= 11 is 5.74. The van der Waals surface area contributed by atoms with Gasteiger partial charge in [-0.1, -0.05) is 38.4 Å². The van der Waals surface area contributed by atoms with Gasteiger partial charge in [0.2, 0.25) is 0 Å². The van der Waals surface area contributed by atoms with Crippen LogP contribution >= 0.6 is 11.6 Å². The van der Waals surface area contributed by atoms with Crippen LogP contribution in [-0.2, 0) is 6.42 Å². The second kappa shape index (κ2) is 6.97. The van der Waals surface area contributed by atoms with E-state index in [-0.39, 0.29) is 5.82 Å². The summed E-state index contributed by atoms with van der Waals surface area (Å²) in [5.74, 6) is 0.214. The van der Waals surface area contributed by atoms with Crippen LogP contribution in [0.1, 0.15) is 32.8 Å². The fourth-order valence-electron chi connectivity index (χ4n) is 2.19. The summed E-state index contributed by atoms with van der Waals surface area (Å²) in [6.07, 6.45) is 1.80. The zero-order valence-corrected chi connectivity index (χ0v) is 11.5. The highest BCUT2D eigenvalue weighted by Gasteiger charge is 2.16. The average Bonchev–Trinajstić information content (AvgIpc) is 2.29. The maximum atomic E-state index is 13.7. The van der Waals surface area contributed by atoms with E-state index in [2.05, 4.69) is 26.1 Å². The summed E-state index contributed by atoms with van der Waals surface area (Å²) in [5, 5.41) is 3.89. The van der Waals surface area contributed by atoms with Crippen molar-refractivity contribution in [2.24, 2.45) is 5.92 Å². The van der Waals surface area contributed by atoms with Gasteiger partial charge in [0.15, 0.2) is 0 Å². The maximum absolute atomic E-state index is 13.7. The van der Waals surface area contributed by atoms with E-state index in [0.717, 1.165) is 24.9 Å². The average molecular weight is 258 g/mol. The van der Waals surface area contributed by atoms with Crippen LogP contribution < -0.4 is 5.32 Å². The van der Waals surface area contributed by atoms with Crippen molar-refractivity contribution >= 4 is 11.6 Å². The molecule has 0 aliphatic rings. The van der Waals surface area contributed by atoms with Gasteiger partial charge in [-0.2, -0.15) is 0 Å². The minimum absolute atomic E-state index is 0.198. The van der Waals surface area contributed by atoms with E-state index in [9.17, 15) is 4.39 Å². The first-order valence-electron chi connectivity index (χ1n) is 6.25. The van der Waals surface area contributed by atoms with Crippen LogP contribution in [0.2, 0.25) is 5.02 Å². The molecule has 1 nitrogen and oxygen atoms in total. The molecule has 1 N–H and O–H groups in total. The first-order valence-corrected chi connectivity index (χ1v) is 6.63. The predicted octanol–water partition coefficient (Wildman–Crippen LogP) is 4.05. The molecule has 1 rings (SSSR count). The Morgan fingerprint density at radius 3 is 2.59 bits per heavy atom. The molecule has 0 aliphatic heterocycles. The third-order valence-electron chi connectivity index (χ3n) is 3.15. The van der Waals surface area contributed by atoms with E-state index in [0.29, 0.717) is 17.0 Å². The predicted molar refractivity (Wildman–Crippen MR) is 72.0 cm³/mol. The highest BCUT2D eigenvalue weighted by atomic mass is 35.5. The van der Waals surface area contributed by atoms with Crippen molar-refractivity contribution < 1.29 is 4.39 Å². The Hall–Kier alpha value is -0.600. The molecule has 0 radical (unpaired) electrons. The lowest BCUT2D eigenvalue weighted by molar-refractivity contribution is 0.367. The molecule has 0 amide bonds. The second-order valence-electron chi connectivity index (χ2n) is 4.49. The third-order valence-corrected chi connectivity index (χ3v) is 3.39. The fraction of sp³-hybridized carbons (Fsp3) is 0.571. The molecule has 3 heteroatoms. The van der Waals surface area contributed by atoms with Gasteiger partial charge in [0, 0.05) is 11.1 Å². The minimum Gasteiger partial charge on any atom is -0.314 e. The summed E-state index contributed by atoms with van der Waals surface area (Å²) in [5.41, 5.74) is 0.748. The van der Waals surface area contributed by atoms with Crippen LogP contribution in [0.3, 0.4) is 0 Å². The van der Waals surface area contributed by atoms with Crippen LogP contribution in [-0.4, -0.2) is 12.6 Å². The first-order chi connectivity index (χ1) is 8.08. The van der Waals surface area contributed by atoms with E-state index >= 15 is 0 Å². The Morgan fingerprint density at radius 2 is 2.06 bits per heavy atom. The van der Waals surface area contributed by atoms with Crippen LogP contribution in [0.5, 0.6) is 0 Å². The Kier molecular flexibility index (Phi) is 5.93. The molecule has 2 atom stereocenters. The second-order valence-corrected chi connectivity index (χ2v) is 4.93. The number of rotatable bonds is 6. The van der Waals surface area contributed by atoms with Crippen molar-refractivity contribution in [1.82, 2.24) is 5.32 Å². The van der Waals surface area contributed by atoms with Gasteiger partial charge in [-0.25, -0.2) is 4.39 Å². The molecule has 2 unspecified atom stereocenters. The summed E-state index contributed by atoms with van der Waals surface area (Å²) in [6, 6.07) is 5.36. The zero-order valence-electron chi connectivity index (χ0n) is 10.8. The lowest BCUT2D eigenvalue weighted by Gasteiger charge is -2.23. The lowest BCUT2D eigenvalue weighted by atomic mass is 9.92. The van der Waals surface area contributed by atoms with Crippen LogP contribution in [0.25, 0.3) is 0 Å². The summed E-state index contributed by atoms with van der Waals surface area (Å²) in [7, 11) is 0. The molecule has 17 heavy (non-hydrogen) atoms. The number of hydrogen-bond acceptors (Lipinski definition) is 1. The number of benzene rings is 1. The largest absolute Gasteiger partial charge is 0.314 e. The van der Waals surface area contributed by atoms with Gasteiger partial charge in [-0.15, -0.1) is 0 Å². The molecule has 0 spiro atoms. The van der Waals surface area contributed by atoms with Crippen LogP contribution in [0.4, 0.5) is 4.39 Å². The van der Waals surface area contributed by atoms with Crippen molar-refractivity contribution in [2.75, 3.05) is 6.54 Å². The van der Waals surface area contributed by atoms with Crippen molar-refractivity contribution in [3.63, 3.8) is 0 Å². The highest BCUT2D eigenvalue weighted by molar-refractivity contribution is 6.30. The summed E-state index contributed by atoms with van der Waals surface area (Å²) < 4.78 is 13.7. The number of hydrogen-bond donors (Lipinski definition) is 1. The molecule has 1 aromatic rings. The SMILES string of the molecule is CCNC(CC)C(C)Cc1ccc(Cl)cc1F. The molecular weight excluding hydrogens is 237 g/mol. The van der Waals surface area contributed by atoms with Gasteiger partial charge in [0.1, 0.15) is 5.82 Å². The summed E-state index contributed by atoms with van der Waals surface area (Å²) in [6.45, 7) is 7.36. The van der Waals surface area contributed by atoms with Crippen molar-refractivity contribution in [3.8, 4) is 0 Å². The molecule has 96 valence electrons. The molecular formula is C14H21ClFN. The van der Waals surface area contributed by atoms with Crippen molar-refractivity contribution in [1.29, 1.82) is 0 Å². The molecule has 0 bridgehead atoms. The molecule has 0 aliphatic carbocycles. The van der Waals surface area contributed by atoms with Crippen molar-refractivity contribution in [3.05, 3.63) is 34.6 Å². The Balaban J connectivity index is 2.69. The zero-order chi connectivity index (χ0) is 12.8. The van der Waals surface area contributed by atoms with E-state index in [1.807, 2.05) is 0 Å². The molecule has 0 heterocycles. The van der Waals surface area contributed by atoms with E-state index in [4.69, 9.17) is 11.6 Å². The maximum Gasteiger partial charge on any atom is 0.127 e. The monoisotopic (exact) mass is 257 g/mol. The Morgan fingerprint density at radius 1 is 1.35 bits per heavy atom. The third kappa shape index (κ3) is 4.29. The van der Waals surface area contributed by atoms with Gasteiger partial charge in [-0.3, -0.25) is 0 Å². The van der Waals surface area contributed by atoms with Gasteiger partial charge in [0.05, 0.1) is 0 Å². The van der Waals surface area contributed by atoms with Gasteiger partial charge in [0.25, 0.3) is 0 Å². The highest BCUT2D eigenvalue weighted by Crippen LogP contribution is 2.20. The van der Waals surface area contributed by atoms with Crippen molar-refractivity contribution in [2.45, 2.75) is 39.7 Å². The molecule has 0 fully saturated rings. The van der Waals surface area contributed by atoms with E-state index < -0.39 is 0 Å². The Labute approximate surface area is 108 Å². The normalized spacial score (nSPS) is 14.6. The van der Waals surface area contributed by atoms with E-state index in [1.165, 1.54) is 6.07 Å². The standard InChI is InChI=1S/C14H21ClFN/c1-4-14(17-5-2)10(3)8-11-6-7-12(15)9-13(11)16/h6-7,9-10,14,17H,4-5,8H2,1-3H3. The van der Waals surface area contributed by atoms with E-state index in [1.54, 1.807) is 12.1 Å². The Bertz CT molecular complexity index is 354. The smallest absolute Gasteiger partial charge is 0.127 e. The topological polar surface area (TPSA) is 12.0 Å². The first kappa shape index (κ1) is 14.5. The van der Waals surface area contributed by atoms with Crippen LogP contribution in [0.15, 0.2) is 18.2 Å². The quantitative estimate of drug-likeness (QED) is 0.811. The number of halogens is 2. The molecule has 0 saturated carbocycles. The number of nitrogens with one attached hydrogen (secondary N) is 1. The van der Waals surface area contributed by atoms with Crippen LogP contribution in [0, 0.1) is 11.7 Å². The van der Waals surface area contributed by atoms with Gasteiger partial charge in [-0.05, 0) is 43.0 Å². The molecule has 1 aromatic carbocycles. The fourth-order valence-corrected chi connectivity index (χ4v) is 2.35. The lowest BCUT2D eigenvalue weighted by Crippen LogP contribution is -2.35. The minimum atomic E-state index is -0.198. The van der Waals surface area contributed by atoms with Gasteiger partial charge >= 0.3 is 0 Å². The summed E-state index contributed by atoms with van der Waals surface area (Å²) in [4.78, 5) is 0. The molecule has 0 saturated heterocycles. The van der Waals surface area contributed by atoms with Gasteiger partial charge < -0.3 is 5.32 Å². The molecule has 0 aromatic heterocycles.